The summed E-state index contributed by atoms with van der Waals surface area (Å²) in [5.74, 6) is -1.10. The summed E-state index contributed by atoms with van der Waals surface area (Å²) >= 11 is 0. The zero-order valence-electron chi connectivity index (χ0n) is 17.8. The van der Waals surface area contributed by atoms with Crippen molar-refractivity contribution in [2.24, 2.45) is 5.41 Å². The van der Waals surface area contributed by atoms with Gasteiger partial charge in [0.2, 0.25) is 11.8 Å². The van der Waals surface area contributed by atoms with Crippen LogP contribution in [0.25, 0.3) is 5.52 Å². The first-order valence-corrected chi connectivity index (χ1v) is 10.8. The highest BCUT2D eigenvalue weighted by molar-refractivity contribution is 6.07. The zero-order valence-corrected chi connectivity index (χ0v) is 17.8. The summed E-state index contributed by atoms with van der Waals surface area (Å²) in [4.78, 5) is 41.0. The summed E-state index contributed by atoms with van der Waals surface area (Å²) in [5, 5.41) is 6.57. The van der Waals surface area contributed by atoms with Crippen LogP contribution in [0.4, 0.5) is 23.7 Å². The number of pyridine rings is 1. The lowest BCUT2D eigenvalue weighted by atomic mass is 10.0. The van der Waals surface area contributed by atoms with E-state index in [9.17, 15) is 27.6 Å². The van der Waals surface area contributed by atoms with Crippen LogP contribution in [0.2, 0.25) is 0 Å². The maximum atomic E-state index is 13.3. The lowest BCUT2D eigenvalue weighted by Crippen LogP contribution is -2.52. The van der Waals surface area contributed by atoms with E-state index in [0.29, 0.717) is 30.8 Å². The molecule has 2 aromatic rings. The first-order valence-electron chi connectivity index (χ1n) is 10.8. The monoisotopic (exact) mass is 464 g/mol. The van der Waals surface area contributed by atoms with Crippen LogP contribution in [-0.2, 0) is 16.1 Å². The molecule has 9 nitrogen and oxygen atoms in total. The van der Waals surface area contributed by atoms with Crippen molar-refractivity contribution < 1.29 is 27.6 Å². The molecule has 2 aliphatic heterocycles. The van der Waals surface area contributed by atoms with E-state index in [2.05, 4.69) is 15.3 Å². The number of carbonyl (C=O) groups excluding carboxylic acids is 3. The molecule has 0 atom stereocenters. The molecule has 0 spiro atoms. The molecule has 1 N–H and O–H groups in total. The highest BCUT2D eigenvalue weighted by Crippen LogP contribution is 2.58. The first-order chi connectivity index (χ1) is 15.7. The number of piperazine rings is 1. The molecule has 4 amide bonds. The molecule has 176 valence electrons. The fourth-order valence-electron chi connectivity index (χ4n) is 4.53. The molecule has 0 aromatic carbocycles. The van der Waals surface area contributed by atoms with Gasteiger partial charge >= 0.3 is 12.2 Å². The van der Waals surface area contributed by atoms with Gasteiger partial charge in [-0.25, -0.2) is 9.31 Å². The van der Waals surface area contributed by atoms with Gasteiger partial charge in [0.25, 0.3) is 0 Å². The van der Waals surface area contributed by atoms with Crippen molar-refractivity contribution in [3.05, 3.63) is 30.1 Å². The number of carbonyl (C=O) groups is 3. The Hall–Kier alpha value is -3.15. The van der Waals surface area contributed by atoms with Gasteiger partial charge in [0.05, 0.1) is 17.4 Å². The first kappa shape index (κ1) is 21.7. The minimum atomic E-state index is -4.49. The van der Waals surface area contributed by atoms with Crippen LogP contribution in [0.15, 0.2) is 24.5 Å². The molecule has 33 heavy (non-hydrogen) atoms. The van der Waals surface area contributed by atoms with E-state index in [4.69, 9.17) is 0 Å². The third-order valence-corrected chi connectivity index (χ3v) is 6.68. The molecular formula is C21H23F3N6O3. The van der Waals surface area contributed by atoms with E-state index < -0.39 is 23.5 Å². The molecule has 1 saturated carbocycles. The number of amides is 4. The number of urea groups is 1. The summed E-state index contributed by atoms with van der Waals surface area (Å²) < 4.78 is 41.4. The second kappa shape index (κ2) is 7.72. The van der Waals surface area contributed by atoms with Gasteiger partial charge in [-0.05, 0) is 30.5 Å². The van der Waals surface area contributed by atoms with Gasteiger partial charge in [0, 0.05) is 51.9 Å². The summed E-state index contributed by atoms with van der Waals surface area (Å²) in [5.41, 5.74) is 0.0986. The third kappa shape index (κ3) is 3.81. The molecule has 3 fully saturated rings. The Kier molecular flexibility index (Phi) is 5.07. The number of rotatable bonds is 4. The van der Waals surface area contributed by atoms with Crippen molar-refractivity contribution in [2.45, 2.75) is 32.0 Å². The number of halogens is 3. The van der Waals surface area contributed by atoms with E-state index in [0.717, 1.165) is 5.56 Å². The fraction of sp³-hybridized carbons (Fsp3) is 0.524. The maximum absolute atomic E-state index is 13.3. The number of imide groups is 1. The summed E-state index contributed by atoms with van der Waals surface area (Å²) in [7, 11) is 0. The maximum Gasteiger partial charge on any atom is 0.403 e. The van der Waals surface area contributed by atoms with Crippen molar-refractivity contribution in [1.82, 2.24) is 24.7 Å². The SMILES string of the molecule is O=C1CCN(c2cnn3ccc(CN4CCN(C(=O)C5(C(F)(F)F)CC5)CC4)cc23)C(=O)N1. The Bertz CT molecular complexity index is 1120. The molecule has 0 bridgehead atoms. The normalized spacial score (nSPS) is 21.4. The molecule has 2 aromatic heterocycles. The van der Waals surface area contributed by atoms with Crippen molar-refractivity contribution >= 4 is 29.0 Å². The molecule has 4 heterocycles. The average molecular weight is 464 g/mol. The highest BCUT2D eigenvalue weighted by atomic mass is 19.4. The number of hydrogen-bond donors (Lipinski definition) is 1. The van der Waals surface area contributed by atoms with E-state index in [1.807, 2.05) is 12.1 Å². The number of hydrogen-bond acceptors (Lipinski definition) is 5. The van der Waals surface area contributed by atoms with Gasteiger partial charge in [-0.2, -0.15) is 18.3 Å². The predicted molar refractivity (Wildman–Crippen MR) is 110 cm³/mol. The van der Waals surface area contributed by atoms with Crippen molar-refractivity contribution in [2.75, 3.05) is 37.6 Å². The Morgan fingerprint density at radius 2 is 1.85 bits per heavy atom. The summed E-state index contributed by atoms with van der Waals surface area (Å²) in [6, 6.07) is 3.32. The molecule has 1 aliphatic carbocycles. The molecule has 12 heteroatoms. The highest BCUT2D eigenvalue weighted by Gasteiger charge is 2.69. The van der Waals surface area contributed by atoms with Crippen LogP contribution in [0.3, 0.4) is 0 Å². The molecule has 0 unspecified atom stereocenters. The van der Waals surface area contributed by atoms with E-state index in [1.54, 1.807) is 16.9 Å². The summed E-state index contributed by atoms with van der Waals surface area (Å²) in [6.07, 6.45) is -1.16. The van der Waals surface area contributed by atoms with Crippen LogP contribution in [0.5, 0.6) is 0 Å². The molecule has 2 saturated heterocycles. The fourth-order valence-corrected chi connectivity index (χ4v) is 4.53. The Labute approximate surface area is 187 Å². The van der Waals surface area contributed by atoms with Crippen molar-refractivity contribution in [3.8, 4) is 0 Å². The van der Waals surface area contributed by atoms with E-state index in [-0.39, 0.29) is 44.8 Å². The zero-order chi connectivity index (χ0) is 23.4. The van der Waals surface area contributed by atoms with E-state index >= 15 is 0 Å². The largest absolute Gasteiger partial charge is 0.403 e. The number of fused-ring (bicyclic) bond motifs is 1. The van der Waals surface area contributed by atoms with Gasteiger partial charge in [-0.1, -0.05) is 0 Å². The molecular weight excluding hydrogens is 441 g/mol. The topological polar surface area (TPSA) is 90.3 Å². The minimum Gasteiger partial charge on any atom is -0.339 e. The number of nitrogens with zero attached hydrogens (tertiary/aromatic N) is 5. The van der Waals surface area contributed by atoms with Gasteiger partial charge in [0.1, 0.15) is 5.41 Å². The van der Waals surface area contributed by atoms with Crippen LogP contribution < -0.4 is 10.2 Å². The van der Waals surface area contributed by atoms with Crippen LogP contribution >= 0.6 is 0 Å². The standard InChI is InChI=1S/C21H23F3N6O3/c22-21(23,24)20(3-4-20)18(32)28-9-7-27(8-10-28)13-14-1-6-30-15(11-14)16(12-25-30)29-5-2-17(31)26-19(29)33/h1,6,11-12H,2-5,7-10,13H2,(H,26,31,33). The molecule has 0 radical (unpaired) electrons. The predicted octanol–water partition coefficient (Wildman–Crippen LogP) is 1.77. The lowest BCUT2D eigenvalue weighted by Gasteiger charge is -2.37. The van der Waals surface area contributed by atoms with Gasteiger partial charge in [0.15, 0.2) is 0 Å². The van der Waals surface area contributed by atoms with E-state index in [1.165, 1.54) is 9.80 Å². The average Bonchev–Trinajstić information content (AvgIpc) is 3.50. The Morgan fingerprint density at radius 1 is 1.12 bits per heavy atom. The quantitative estimate of drug-likeness (QED) is 0.745. The third-order valence-electron chi connectivity index (χ3n) is 6.68. The lowest BCUT2D eigenvalue weighted by molar-refractivity contribution is -0.199. The smallest absolute Gasteiger partial charge is 0.339 e. The second-order valence-electron chi connectivity index (χ2n) is 8.80. The van der Waals surface area contributed by atoms with Crippen molar-refractivity contribution in [1.29, 1.82) is 0 Å². The van der Waals surface area contributed by atoms with Gasteiger partial charge in [-0.15, -0.1) is 0 Å². The minimum absolute atomic E-state index is 0.119. The van der Waals surface area contributed by atoms with Crippen LogP contribution in [-0.4, -0.2) is 76.2 Å². The van der Waals surface area contributed by atoms with Crippen LogP contribution in [0, 0.1) is 5.41 Å². The Morgan fingerprint density at radius 3 is 2.48 bits per heavy atom. The van der Waals surface area contributed by atoms with Crippen molar-refractivity contribution in [3.63, 3.8) is 0 Å². The molecule has 5 rings (SSSR count). The number of aromatic nitrogens is 2. The number of alkyl halides is 3. The van der Waals surface area contributed by atoms with Gasteiger partial charge in [-0.3, -0.25) is 24.7 Å². The second-order valence-corrected chi connectivity index (χ2v) is 8.80. The number of nitrogens with one attached hydrogen (secondary N) is 1. The van der Waals surface area contributed by atoms with Gasteiger partial charge < -0.3 is 4.90 Å². The molecule has 3 aliphatic rings. The summed E-state index contributed by atoms with van der Waals surface area (Å²) in [6.45, 7) is 2.31. The van der Waals surface area contributed by atoms with Crippen LogP contribution in [0.1, 0.15) is 24.8 Å². The Balaban J connectivity index is 1.25. The number of anilines is 1.